The fourth-order valence-corrected chi connectivity index (χ4v) is 3.63. The molecule has 1 fully saturated rings. The molecule has 25 heavy (non-hydrogen) atoms. The van der Waals surface area contributed by atoms with Gasteiger partial charge in [0.2, 0.25) is 5.88 Å². The highest BCUT2D eigenvalue weighted by Gasteiger charge is 2.26. The molecule has 2 aromatic rings. The van der Waals surface area contributed by atoms with Crippen LogP contribution in [0.25, 0.3) is 11.1 Å². The quantitative estimate of drug-likeness (QED) is 0.854. The summed E-state index contributed by atoms with van der Waals surface area (Å²) in [6, 6.07) is 8.67. The summed E-state index contributed by atoms with van der Waals surface area (Å²) in [7, 11) is 0. The van der Waals surface area contributed by atoms with E-state index in [1.807, 2.05) is 6.07 Å². The summed E-state index contributed by atoms with van der Waals surface area (Å²) >= 11 is 0. The molecule has 1 aromatic heterocycles. The average Bonchev–Trinajstić information content (AvgIpc) is 3.13. The minimum Gasteiger partial charge on any atom is -0.471 e. The standard InChI is InChI=1S/C20H19FN2O2/c21-14-5-3-4-13(10-14)19-16-6-1-2-7-18(16)23-20(17(19)11-22)25-15-8-9-24-12-15/h3-5,10,15H,1-2,6-9,12H2. The van der Waals surface area contributed by atoms with Gasteiger partial charge in [-0.25, -0.2) is 9.37 Å². The van der Waals surface area contributed by atoms with E-state index in [0.29, 0.717) is 30.2 Å². The van der Waals surface area contributed by atoms with Gasteiger partial charge in [0.25, 0.3) is 0 Å². The summed E-state index contributed by atoms with van der Waals surface area (Å²) in [5.41, 5.74) is 3.92. The van der Waals surface area contributed by atoms with Gasteiger partial charge < -0.3 is 9.47 Å². The van der Waals surface area contributed by atoms with Crippen LogP contribution >= 0.6 is 0 Å². The lowest BCUT2D eigenvalue weighted by Gasteiger charge is -2.23. The summed E-state index contributed by atoms with van der Waals surface area (Å²) in [6.07, 6.45) is 4.55. The molecule has 2 aliphatic rings. The molecular weight excluding hydrogens is 319 g/mol. The Labute approximate surface area is 146 Å². The zero-order valence-electron chi connectivity index (χ0n) is 13.9. The monoisotopic (exact) mass is 338 g/mol. The summed E-state index contributed by atoms with van der Waals surface area (Å²) in [5.74, 6) is 0.0485. The average molecular weight is 338 g/mol. The van der Waals surface area contributed by atoms with Gasteiger partial charge in [0, 0.05) is 17.7 Å². The SMILES string of the molecule is N#Cc1c(OC2CCOC2)nc2c(c1-c1cccc(F)c1)CCCC2. The highest BCUT2D eigenvalue weighted by atomic mass is 19.1. The molecule has 0 amide bonds. The number of aromatic nitrogens is 1. The van der Waals surface area contributed by atoms with E-state index in [0.717, 1.165) is 48.9 Å². The molecule has 0 N–H and O–H groups in total. The Kier molecular flexibility index (Phi) is 4.37. The number of ether oxygens (including phenoxy) is 2. The second-order valence-electron chi connectivity index (χ2n) is 6.52. The van der Waals surface area contributed by atoms with E-state index >= 15 is 0 Å². The first-order chi connectivity index (χ1) is 12.3. The molecule has 1 aliphatic carbocycles. The van der Waals surface area contributed by atoms with Crippen molar-refractivity contribution in [3.8, 4) is 23.1 Å². The first kappa shape index (κ1) is 16.0. The topological polar surface area (TPSA) is 55.1 Å². The Morgan fingerprint density at radius 1 is 1.28 bits per heavy atom. The maximum atomic E-state index is 13.8. The van der Waals surface area contributed by atoms with Gasteiger partial charge in [0.1, 0.15) is 23.6 Å². The molecule has 4 nitrogen and oxygen atoms in total. The highest BCUT2D eigenvalue weighted by molar-refractivity contribution is 5.77. The highest BCUT2D eigenvalue weighted by Crippen LogP contribution is 2.38. The zero-order chi connectivity index (χ0) is 17.2. The fourth-order valence-electron chi connectivity index (χ4n) is 3.63. The molecule has 2 heterocycles. The van der Waals surface area contributed by atoms with Crippen LogP contribution in [-0.2, 0) is 17.6 Å². The number of nitrogens with zero attached hydrogens (tertiary/aromatic N) is 2. The number of halogens is 1. The second-order valence-corrected chi connectivity index (χ2v) is 6.52. The van der Waals surface area contributed by atoms with Crippen molar-refractivity contribution in [3.05, 3.63) is 46.9 Å². The predicted molar refractivity (Wildman–Crippen MR) is 90.8 cm³/mol. The lowest BCUT2D eigenvalue weighted by Crippen LogP contribution is -2.19. The van der Waals surface area contributed by atoms with Gasteiger partial charge in [-0.1, -0.05) is 12.1 Å². The van der Waals surface area contributed by atoms with Gasteiger partial charge in [-0.15, -0.1) is 0 Å². The van der Waals surface area contributed by atoms with Gasteiger partial charge in [0.15, 0.2) is 0 Å². The number of hydrogen-bond acceptors (Lipinski definition) is 4. The van der Waals surface area contributed by atoms with Crippen molar-refractivity contribution in [1.82, 2.24) is 4.98 Å². The molecule has 4 rings (SSSR count). The van der Waals surface area contributed by atoms with Crippen molar-refractivity contribution in [1.29, 1.82) is 5.26 Å². The van der Waals surface area contributed by atoms with Crippen LogP contribution in [0.4, 0.5) is 4.39 Å². The second kappa shape index (κ2) is 6.81. The molecule has 128 valence electrons. The number of pyridine rings is 1. The van der Waals surface area contributed by atoms with E-state index < -0.39 is 0 Å². The van der Waals surface area contributed by atoms with E-state index in [2.05, 4.69) is 11.1 Å². The van der Waals surface area contributed by atoms with Crippen LogP contribution in [0.2, 0.25) is 0 Å². The molecule has 1 aromatic carbocycles. The van der Waals surface area contributed by atoms with E-state index in [-0.39, 0.29) is 11.9 Å². The Balaban J connectivity index is 1.88. The summed E-state index contributed by atoms with van der Waals surface area (Å²) in [5, 5.41) is 9.81. The van der Waals surface area contributed by atoms with Crippen LogP contribution < -0.4 is 4.74 Å². The zero-order valence-corrected chi connectivity index (χ0v) is 13.9. The number of rotatable bonds is 3. The van der Waals surface area contributed by atoms with Crippen LogP contribution in [0.3, 0.4) is 0 Å². The molecule has 0 bridgehead atoms. The van der Waals surface area contributed by atoms with Crippen molar-refractivity contribution in [2.24, 2.45) is 0 Å². The van der Waals surface area contributed by atoms with Crippen molar-refractivity contribution < 1.29 is 13.9 Å². The van der Waals surface area contributed by atoms with Crippen LogP contribution in [-0.4, -0.2) is 24.3 Å². The maximum Gasteiger partial charge on any atom is 0.232 e. The van der Waals surface area contributed by atoms with Gasteiger partial charge in [-0.05, 0) is 48.9 Å². The summed E-state index contributed by atoms with van der Waals surface area (Å²) in [6.45, 7) is 1.17. The minimum atomic E-state index is -0.311. The van der Waals surface area contributed by atoms with E-state index in [1.54, 1.807) is 6.07 Å². The van der Waals surface area contributed by atoms with Gasteiger partial charge in [-0.3, -0.25) is 0 Å². The third kappa shape index (κ3) is 3.10. The normalized spacial score (nSPS) is 19.3. The van der Waals surface area contributed by atoms with Crippen molar-refractivity contribution in [2.45, 2.75) is 38.2 Å². The third-order valence-corrected chi connectivity index (χ3v) is 4.83. The van der Waals surface area contributed by atoms with Crippen molar-refractivity contribution >= 4 is 0 Å². The van der Waals surface area contributed by atoms with Crippen molar-refractivity contribution in [2.75, 3.05) is 13.2 Å². The lowest BCUT2D eigenvalue weighted by molar-refractivity contribution is 0.137. The fraction of sp³-hybridized carbons (Fsp3) is 0.400. The number of fused-ring (bicyclic) bond motifs is 1. The van der Waals surface area contributed by atoms with Crippen LogP contribution in [0.5, 0.6) is 5.88 Å². The van der Waals surface area contributed by atoms with E-state index in [4.69, 9.17) is 9.47 Å². The minimum absolute atomic E-state index is 0.0819. The summed E-state index contributed by atoms with van der Waals surface area (Å²) in [4.78, 5) is 4.66. The molecule has 1 atom stereocenters. The number of hydrogen-bond donors (Lipinski definition) is 0. The molecule has 0 saturated carbocycles. The molecular formula is C20H19FN2O2. The van der Waals surface area contributed by atoms with E-state index in [1.165, 1.54) is 12.1 Å². The first-order valence-corrected chi connectivity index (χ1v) is 8.72. The molecule has 1 saturated heterocycles. The molecule has 1 unspecified atom stereocenters. The Bertz CT molecular complexity index is 838. The molecule has 5 heteroatoms. The van der Waals surface area contributed by atoms with Gasteiger partial charge >= 0.3 is 0 Å². The molecule has 0 spiro atoms. The first-order valence-electron chi connectivity index (χ1n) is 8.72. The van der Waals surface area contributed by atoms with Crippen LogP contribution in [0.15, 0.2) is 24.3 Å². The third-order valence-electron chi connectivity index (χ3n) is 4.83. The van der Waals surface area contributed by atoms with Crippen molar-refractivity contribution in [3.63, 3.8) is 0 Å². The summed E-state index contributed by atoms with van der Waals surface area (Å²) < 4.78 is 25.2. The van der Waals surface area contributed by atoms with Gasteiger partial charge in [-0.2, -0.15) is 5.26 Å². The number of benzene rings is 1. The van der Waals surface area contributed by atoms with E-state index in [9.17, 15) is 9.65 Å². The number of nitriles is 1. The van der Waals surface area contributed by atoms with Gasteiger partial charge in [0.05, 0.1) is 13.2 Å². The lowest BCUT2D eigenvalue weighted by atomic mass is 9.87. The largest absolute Gasteiger partial charge is 0.471 e. The smallest absolute Gasteiger partial charge is 0.232 e. The predicted octanol–water partition coefficient (Wildman–Crippen LogP) is 3.81. The number of aryl methyl sites for hydroxylation is 1. The van der Waals surface area contributed by atoms with Crippen LogP contribution in [0, 0.1) is 17.1 Å². The Hall–Kier alpha value is -2.45. The molecule has 0 radical (unpaired) electrons. The molecule has 1 aliphatic heterocycles. The Morgan fingerprint density at radius 2 is 2.16 bits per heavy atom. The van der Waals surface area contributed by atoms with Crippen LogP contribution in [0.1, 0.15) is 36.1 Å². The maximum absolute atomic E-state index is 13.8. The Morgan fingerprint density at radius 3 is 2.92 bits per heavy atom.